The van der Waals surface area contributed by atoms with Gasteiger partial charge in [0.05, 0.1) is 4.90 Å². The number of benzene rings is 2. The van der Waals surface area contributed by atoms with E-state index < -0.39 is 10.0 Å². The third-order valence-corrected chi connectivity index (χ3v) is 7.57. The number of sulfonamides is 1. The third-order valence-electron chi connectivity index (χ3n) is 5.68. The lowest BCUT2D eigenvalue weighted by molar-refractivity contribution is 0.0950. The lowest BCUT2D eigenvalue weighted by Crippen LogP contribution is -2.36. The molecule has 1 fully saturated rings. The summed E-state index contributed by atoms with van der Waals surface area (Å²) in [6.45, 7) is 5.55. The number of carbonyl (C=O) groups is 1. The fraction of sp³-hybridized carbons (Fsp3) is 0.435. The number of hydrogen-bond acceptors (Lipinski definition) is 3. The summed E-state index contributed by atoms with van der Waals surface area (Å²) in [5, 5.41) is 3.00. The van der Waals surface area contributed by atoms with Crippen molar-refractivity contribution in [2.75, 3.05) is 19.6 Å². The lowest BCUT2D eigenvalue weighted by Gasteiger charge is -2.26. The number of rotatable bonds is 7. The molecule has 0 aliphatic carbocycles. The molecule has 5 nitrogen and oxygen atoms in total. The minimum absolute atomic E-state index is 0.199. The van der Waals surface area contributed by atoms with Crippen molar-refractivity contribution in [1.29, 1.82) is 0 Å². The summed E-state index contributed by atoms with van der Waals surface area (Å²) in [5.74, 6) is -0.00621. The van der Waals surface area contributed by atoms with E-state index in [2.05, 4.69) is 24.4 Å². The Hall–Kier alpha value is -2.18. The normalized spacial score (nSPS) is 16.3. The summed E-state index contributed by atoms with van der Waals surface area (Å²) in [5.41, 5.74) is 2.38. The first-order valence-corrected chi connectivity index (χ1v) is 11.8. The standard InChI is InChI=1S/C23H30N2O3S/c1-3-19(20-10-6-4-7-11-20)17-24-23(26)22-16-21(13-12-18(22)2)29(27,28)25-14-8-5-9-15-25/h4,6-7,10-13,16,19H,3,5,8-9,14-15,17H2,1-2H3,(H,24,26). The van der Waals surface area contributed by atoms with E-state index in [1.54, 1.807) is 12.1 Å². The molecule has 6 heteroatoms. The second kappa shape index (κ2) is 9.55. The Morgan fingerprint density at radius 1 is 1.07 bits per heavy atom. The van der Waals surface area contributed by atoms with E-state index in [1.807, 2.05) is 25.1 Å². The van der Waals surface area contributed by atoms with Gasteiger partial charge in [-0.15, -0.1) is 0 Å². The maximum atomic E-state index is 13.0. The summed E-state index contributed by atoms with van der Waals surface area (Å²) in [6, 6.07) is 15.0. The summed E-state index contributed by atoms with van der Waals surface area (Å²) >= 11 is 0. The number of hydrogen-bond donors (Lipinski definition) is 1. The first kappa shape index (κ1) is 21.5. The molecule has 1 aliphatic heterocycles. The second-order valence-electron chi connectivity index (χ2n) is 7.67. The first-order chi connectivity index (χ1) is 13.9. The molecule has 0 spiro atoms. The van der Waals surface area contributed by atoms with Gasteiger partial charge in [-0.3, -0.25) is 4.79 Å². The summed E-state index contributed by atoms with van der Waals surface area (Å²) < 4.78 is 27.5. The molecule has 156 valence electrons. The van der Waals surface area contributed by atoms with Crippen molar-refractivity contribution in [3.05, 3.63) is 65.2 Å². The SMILES string of the molecule is CCC(CNC(=O)c1cc(S(=O)(=O)N2CCCCC2)ccc1C)c1ccccc1. The monoisotopic (exact) mass is 414 g/mol. The van der Waals surface area contributed by atoms with Crippen LogP contribution < -0.4 is 5.32 Å². The van der Waals surface area contributed by atoms with E-state index >= 15 is 0 Å². The van der Waals surface area contributed by atoms with Gasteiger partial charge in [-0.1, -0.05) is 49.7 Å². The molecule has 1 atom stereocenters. The molecular formula is C23H30N2O3S. The van der Waals surface area contributed by atoms with Gasteiger partial charge >= 0.3 is 0 Å². The Bertz CT molecular complexity index is 936. The molecule has 1 aliphatic rings. The average Bonchev–Trinajstić information content (AvgIpc) is 2.75. The van der Waals surface area contributed by atoms with Crippen LogP contribution in [0.4, 0.5) is 0 Å². The van der Waals surface area contributed by atoms with Gasteiger partial charge in [0, 0.05) is 31.1 Å². The zero-order valence-corrected chi connectivity index (χ0v) is 18.0. The molecule has 1 unspecified atom stereocenters. The van der Waals surface area contributed by atoms with Crippen LogP contribution in [0.15, 0.2) is 53.4 Å². The Labute approximate surface area is 174 Å². The molecule has 2 aromatic carbocycles. The van der Waals surface area contributed by atoms with Gasteiger partial charge in [-0.2, -0.15) is 4.31 Å². The summed E-state index contributed by atoms with van der Waals surface area (Å²) in [6.07, 6.45) is 3.74. The Morgan fingerprint density at radius 2 is 1.76 bits per heavy atom. The van der Waals surface area contributed by atoms with Gasteiger partial charge in [0.15, 0.2) is 0 Å². The molecule has 1 heterocycles. The fourth-order valence-electron chi connectivity index (χ4n) is 3.79. The highest BCUT2D eigenvalue weighted by Crippen LogP contribution is 2.23. The van der Waals surface area contributed by atoms with E-state index in [1.165, 1.54) is 15.9 Å². The van der Waals surface area contributed by atoms with Crippen LogP contribution in [0.25, 0.3) is 0 Å². The van der Waals surface area contributed by atoms with Crippen LogP contribution in [-0.2, 0) is 10.0 Å². The van der Waals surface area contributed by atoms with Crippen LogP contribution in [0.5, 0.6) is 0 Å². The molecule has 0 aromatic heterocycles. The maximum absolute atomic E-state index is 13.0. The molecule has 29 heavy (non-hydrogen) atoms. The zero-order valence-electron chi connectivity index (χ0n) is 17.2. The Kier molecular flexibility index (Phi) is 7.09. The van der Waals surface area contributed by atoms with Crippen LogP contribution in [-0.4, -0.2) is 38.3 Å². The molecule has 1 saturated heterocycles. The van der Waals surface area contributed by atoms with Crippen LogP contribution in [0.2, 0.25) is 0 Å². The molecule has 0 radical (unpaired) electrons. The van der Waals surface area contributed by atoms with Crippen molar-refractivity contribution in [2.45, 2.75) is 50.3 Å². The minimum atomic E-state index is -3.56. The van der Waals surface area contributed by atoms with Gasteiger partial charge in [0.2, 0.25) is 10.0 Å². The fourth-order valence-corrected chi connectivity index (χ4v) is 5.34. The van der Waals surface area contributed by atoms with Crippen LogP contribution in [0.1, 0.15) is 60.0 Å². The molecule has 2 aromatic rings. The molecule has 1 N–H and O–H groups in total. The van der Waals surface area contributed by atoms with Crippen molar-refractivity contribution in [3.8, 4) is 0 Å². The Morgan fingerprint density at radius 3 is 2.41 bits per heavy atom. The van der Waals surface area contributed by atoms with Crippen molar-refractivity contribution in [3.63, 3.8) is 0 Å². The van der Waals surface area contributed by atoms with Crippen molar-refractivity contribution >= 4 is 15.9 Å². The molecular weight excluding hydrogens is 384 g/mol. The molecule has 1 amide bonds. The largest absolute Gasteiger partial charge is 0.351 e. The number of nitrogens with zero attached hydrogens (tertiary/aromatic N) is 1. The van der Waals surface area contributed by atoms with Crippen molar-refractivity contribution in [2.24, 2.45) is 0 Å². The predicted molar refractivity (Wildman–Crippen MR) is 116 cm³/mol. The van der Waals surface area contributed by atoms with Crippen LogP contribution in [0.3, 0.4) is 0 Å². The highest BCUT2D eigenvalue weighted by molar-refractivity contribution is 7.89. The van der Waals surface area contributed by atoms with Gasteiger partial charge in [-0.25, -0.2) is 8.42 Å². The van der Waals surface area contributed by atoms with Gasteiger partial charge in [0.1, 0.15) is 0 Å². The quantitative estimate of drug-likeness (QED) is 0.742. The molecule has 3 rings (SSSR count). The number of piperidine rings is 1. The Balaban J connectivity index is 1.76. The number of aryl methyl sites for hydroxylation is 1. The average molecular weight is 415 g/mol. The van der Waals surface area contributed by atoms with E-state index in [0.717, 1.165) is 31.2 Å². The number of carbonyl (C=O) groups excluding carboxylic acids is 1. The van der Waals surface area contributed by atoms with Crippen LogP contribution in [0, 0.1) is 6.92 Å². The van der Waals surface area contributed by atoms with E-state index in [9.17, 15) is 13.2 Å². The lowest BCUT2D eigenvalue weighted by atomic mass is 9.96. The van der Waals surface area contributed by atoms with Gasteiger partial charge in [0.25, 0.3) is 5.91 Å². The maximum Gasteiger partial charge on any atom is 0.251 e. The predicted octanol–water partition coefficient (Wildman–Crippen LogP) is 4.09. The second-order valence-corrected chi connectivity index (χ2v) is 9.61. The van der Waals surface area contributed by atoms with Crippen molar-refractivity contribution in [1.82, 2.24) is 9.62 Å². The summed E-state index contributed by atoms with van der Waals surface area (Å²) in [7, 11) is -3.56. The minimum Gasteiger partial charge on any atom is -0.351 e. The number of nitrogens with one attached hydrogen (secondary N) is 1. The van der Waals surface area contributed by atoms with Crippen LogP contribution >= 0.6 is 0 Å². The van der Waals surface area contributed by atoms with E-state index in [0.29, 0.717) is 25.2 Å². The van der Waals surface area contributed by atoms with Gasteiger partial charge in [-0.05, 0) is 49.4 Å². The topological polar surface area (TPSA) is 66.5 Å². The van der Waals surface area contributed by atoms with Crippen molar-refractivity contribution < 1.29 is 13.2 Å². The summed E-state index contributed by atoms with van der Waals surface area (Å²) in [4.78, 5) is 13.1. The number of amides is 1. The third kappa shape index (κ3) is 5.06. The first-order valence-electron chi connectivity index (χ1n) is 10.4. The zero-order chi connectivity index (χ0) is 20.9. The molecule has 0 bridgehead atoms. The van der Waals surface area contributed by atoms with E-state index in [4.69, 9.17) is 0 Å². The highest BCUT2D eigenvalue weighted by atomic mass is 32.2. The molecule has 0 saturated carbocycles. The highest BCUT2D eigenvalue weighted by Gasteiger charge is 2.27. The van der Waals surface area contributed by atoms with Gasteiger partial charge < -0.3 is 5.32 Å². The smallest absolute Gasteiger partial charge is 0.251 e. The van der Waals surface area contributed by atoms with E-state index in [-0.39, 0.29) is 16.7 Å².